The lowest BCUT2D eigenvalue weighted by Gasteiger charge is -2.35. The van der Waals surface area contributed by atoms with Crippen molar-refractivity contribution in [1.82, 2.24) is 4.90 Å². The highest BCUT2D eigenvalue weighted by Crippen LogP contribution is 2.25. The fourth-order valence-corrected chi connectivity index (χ4v) is 3.79. The number of amides is 1. The minimum Gasteiger partial charge on any atom is -1.00 e. The van der Waals surface area contributed by atoms with Crippen molar-refractivity contribution < 1.29 is 22.1 Å². The standard InChI is InChI=1S/C17H23ClN2O.ClH/c18-15-7-4-8-16(13-15)19-9-11-20(12-10-19)17(21)14-5-2-1-3-6-14;/h4,7-8,13-14H,1-3,5-6,9-12H2;1H. The van der Waals surface area contributed by atoms with E-state index in [4.69, 9.17) is 11.6 Å². The monoisotopic (exact) mass is 342 g/mol. The largest absolute Gasteiger partial charge is 1.00 e. The summed E-state index contributed by atoms with van der Waals surface area (Å²) in [5.74, 6) is 0.700. The zero-order valence-corrected chi connectivity index (χ0v) is 14.4. The fraction of sp³-hybridized carbons (Fsp3) is 0.588. The normalized spacial score (nSPS) is 20.5. The summed E-state index contributed by atoms with van der Waals surface area (Å²) in [4.78, 5) is 16.1. The number of hydrogen-bond donors (Lipinski definition) is 1. The summed E-state index contributed by atoms with van der Waals surface area (Å²) in [5, 5.41) is 0.792. The van der Waals surface area contributed by atoms with E-state index in [2.05, 4.69) is 11.0 Å². The second-order valence-electron chi connectivity index (χ2n) is 6.27. The van der Waals surface area contributed by atoms with Gasteiger partial charge in [0.2, 0.25) is 5.91 Å². The maximum absolute atomic E-state index is 12.5. The van der Waals surface area contributed by atoms with Crippen LogP contribution in [0.1, 0.15) is 32.1 Å². The number of rotatable bonds is 2. The Morgan fingerprint density at radius 1 is 1.14 bits per heavy atom. The maximum atomic E-state index is 12.5. The molecule has 1 amide bonds. The van der Waals surface area contributed by atoms with Crippen molar-refractivity contribution in [2.24, 2.45) is 5.92 Å². The predicted molar refractivity (Wildman–Crippen MR) is 85.0 cm³/mol. The summed E-state index contributed by atoms with van der Waals surface area (Å²) in [6, 6.07) is 8.08. The zero-order valence-electron chi connectivity index (χ0n) is 12.9. The van der Waals surface area contributed by atoms with Crippen LogP contribution in [0.4, 0.5) is 5.69 Å². The average Bonchev–Trinajstić information content (AvgIpc) is 2.55. The molecule has 1 aromatic carbocycles. The summed E-state index contributed by atoms with van der Waals surface area (Å²) in [5.41, 5.74) is 1.24. The minimum absolute atomic E-state index is 0. The van der Waals surface area contributed by atoms with Crippen LogP contribution >= 0.6 is 11.6 Å². The number of carbonyl (C=O) groups excluding carboxylic acids is 1. The van der Waals surface area contributed by atoms with Crippen LogP contribution in [0.2, 0.25) is 5.02 Å². The smallest absolute Gasteiger partial charge is 0.226 e. The highest BCUT2D eigenvalue weighted by molar-refractivity contribution is 6.30. The van der Waals surface area contributed by atoms with Gasteiger partial charge in [0, 0.05) is 17.0 Å². The molecule has 0 unspecified atom stereocenters. The lowest BCUT2D eigenvalue weighted by Crippen LogP contribution is -3.10. The number of halogens is 2. The molecule has 1 N–H and O–H groups in total. The molecule has 122 valence electrons. The number of piperazine rings is 1. The predicted octanol–water partition coefficient (Wildman–Crippen LogP) is -0.717. The molecule has 0 radical (unpaired) electrons. The Morgan fingerprint density at radius 3 is 2.45 bits per heavy atom. The first-order valence-electron chi connectivity index (χ1n) is 8.13. The second-order valence-corrected chi connectivity index (χ2v) is 6.71. The van der Waals surface area contributed by atoms with E-state index in [0.29, 0.717) is 11.8 Å². The van der Waals surface area contributed by atoms with Crippen LogP contribution in [0.15, 0.2) is 24.3 Å². The van der Waals surface area contributed by atoms with E-state index >= 15 is 0 Å². The number of benzene rings is 1. The molecule has 1 saturated carbocycles. The van der Waals surface area contributed by atoms with Gasteiger partial charge in [-0.25, -0.2) is 0 Å². The number of nitrogens with zero attached hydrogens (tertiary/aromatic N) is 1. The van der Waals surface area contributed by atoms with Crippen molar-refractivity contribution in [2.45, 2.75) is 32.1 Å². The number of hydrogen-bond acceptors (Lipinski definition) is 1. The van der Waals surface area contributed by atoms with Gasteiger partial charge in [0.25, 0.3) is 0 Å². The molecule has 3 nitrogen and oxygen atoms in total. The van der Waals surface area contributed by atoms with Crippen molar-refractivity contribution in [3.05, 3.63) is 29.3 Å². The van der Waals surface area contributed by atoms with E-state index in [1.165, 1.54) is 29.8 Å². The quantitative estimate of drug-likeness (QED) is 0.754. The van der Waals surface area contributed by atoms with Gasteiger partial charge in [-0.15, -0.1) is 0 Å². The minimum atomic E-state index is 0. The lowest BCUT2D eigenvalue weighted by molar-refractivity contribution is -0.837. The molecule has 0 aromatic heterocycles. The van der Waals surface area contributed by atoms with E-state index in [9.17, 15) is 4.79 Å². The molecular weight excluding hydrogens is 319 g/mol. The van der Waals surface area contributed by atoms with E-state index in [-0.39, 0.29) is 12.4 Å². The molecule has 1 aliphatic carbocycles. The molecular formula is C17H24Cl2N2O. The molecule has 1 heterocycles. The van der Waals surface area contributed by atoms with Crippen molar-refractivity contribution in [3.63, 3.8) is 0 Å². The molecule has 2 fully saturated rings. The van der Waals surface area contributed by atoms with Crippen LogP contribution < -0.4 is 17.3 Å². The van der Waals surface area contributed by atoms with Gasteiger partial charge in [0.1, 0.15) is 5.69 Å². The third kappa shape index (κ3) is 4.15. The van der Waals surface area contributed by atoms with Crippen LogP contribution in [0.25, 0.3) is 0 Å². The first-order valence-corrected chi connectivity index (χ1v) is 8.51. The Hall–Kier alpha value is -0.770. The first kappa shape index (κ1) is 17.6. The number of quaternary nitrogens is 1. The van der Waals surface area contributed by atoms with Gasteiger partial charge >= 0.3 is 0 Å². The van der Waals surface area contributed by atoms with Crippen molar-refractivity contribution in [3.8, 4) is 0 Å². The van der Waals surface area contributed by atoms with Gasteiger partial charge in [0.05, 0.1) is 26.2 Å². The summed E-state index contributed by atoms with van der Waals surface area (Å²) in [6.07, 6.45) is 5.95. The van der Waals surface area contributed by atoms with Crippen LogP contribution in [-0.2, 0) is 4.79 Å². The molecule has 1 aliphatic heterocycles. The summed E-state index contributed by atoms with van der Waals surface area (Å²) in [6.45, 7) is 3.71. The molecule has 0 bridgehead atoms. The number of carbonyl (C=O) groups is 1. The second kappa shape index (κ2) is 8.19. The molecule has 1 saturated heterocycles. The van der Waals surface area contributed by atoms with Gasteiger partial charge in [-0.1, -0.05) is 36.9 Å². The molecule has 1 aromatic rings. The molecule has 0 spiro atoms. The van der Waals surface area contributed by atoms with E-state index < -0.39 is 0 Å². The lowest BCUT2D eigenvalue weighted by atomic mass is 9.88. The van der Waals surface area contributed by atoms with Gasteiger partial charge < -0.3 is 17.3 Å². The number of nitrogens with one attached hydrogen (secondary N) is 1. The maximum Gasteiger partial charge on any atom is 0.226 e. The molecule has 5 heteroatoms. The summed E-state index contributed by atoms with van der Waals surface area (Å²) >= 11 is 6.07. The average molecular weight is 343 g/mol. The Morgan fingerprint density at radius 2 is 1.82 bits per heavy atom. The SMILES string of the molecule is O=C(C1CCCCC1)N1CC[NH+](c2cccc(Cl)c2)CC1.[Cl-]. The zero-order chi connectivity index (χ0) is 14.7. The van der Waals surface area contributed by atoms with Crippen molar-refractivity contribution in [1.29, 1.82) is 0 Å². The van der Waals surface area contributed by atoms with E-state index in [1.807, 2.05) is 18.2 Å². The van der Waals surface area contributed by atoms with E-state index in [0.717, 1.165) is 44.0 Å². The third-order valence-corrected chi connectivity index (χ3v) is 5.10. The van der Waals surface area contributed by atoms with Crippen LogP contribution in [-0.4, -0.2) is 37.0 Å². The Labute approximate surface area is 144 Å². The third-order valence-electron chi connectivity index (χ3n) is 4.87. The van der Waals surface area contributed by atoms with Crippen LogP contribution in [0.5, 0.6) is 0 Å². The van der Waals surface area contributed by atoms with Gasteiger partial charge in [-0.3, -0.25) is 9.69 Å². The summed E-state index contributed by atoms with van der Waals surface area (Å²) in [7, 11) is 0. The Bertz CT molecular complexity index is 495. The van der Waals surface area contributed by atoms with E-state index in [1.54, 1.807) is 0 Å². The molecule has 3 rings (SSSR count). The summed E-state index contributed by atoms with van der Waals surface area (Å²) < 4.78 is 0. The van der Waals surface area contributed by atoms with Crippen molar-refractivity contribution >= 4 is 23.2 Å². The fourth-order valence-electron chi connectivity index (χ4n) is 3.60. The van der Waals surface area contributed by atoms with Crippen LogP contribution in [0, 0.1) is 5.92 Å². The first-order chi connectivity index (χ1) is 10.2. The molecule has 0 atom stereocenters. The van der Waals surface area contributed by atoms with Gasteiger partial charge in [0.15, 0.2) is 0 Å². The highest BCUT2D eigenvalue weighted by Gasteiger charge is 2.30. The van der Waals surface area contributed by atoms with Crippen molar-refractivity contribution in [2.75, 3.05) is 26.2 Å². The van der Waals surface area contributed by atoms with Gasteiger partial charge in [-0.2, -0.15) is 0 Å². The Kier molecular flexibility index (Phi) is 6.54. The molecule has 2 aliphatic rings. The van der Waals surface area contributed by atoms with Crippen LogP contribution in [0.3, 0.4) is 0 Å². The Balaban J connectivity index is 0.00000176. The molecule has 22 heavy (non-hydrogen) atoms. The topological polar surface area (TPSA) is 24.8 Å². The highest BCUT2D eigenvalue weighted by atomic mass is 35.5. The van der Waals surface area contributed by atoms with Gasteiger partial charge in [-0.05, 0) is 25.0 Å².